The van der Waals surface area contributed by atoms with Gasteiger partial charge in [0.15, 0.2) is 12.2 Å². The molecule has 108 valence electrons. The molecule has 0 aromatic rings. The zero-order valence-electron chi connectivity index (χ0n) is 11.2. The average molecular weight is 274 g/mol. The Hall–Kier alpha value is -1.60. The average Bonchev–Trinajstić information content (AvgIpc) is 2.35. The van der Waals surface area contributed by atoms with Crippen LogP contribution in [0.1, 0.15) is 13.8 Å². The van der Waals surface area contributed by atoms with Crippen molar-refractivity contribution in [2.24, 2.45) is 0 Å². The summed E-state index contributed by atoms with van der Waals surface area (Å²) < 4.78 is 25.5. The largest absolute Gasteiger partial charge is 0.491 e. The molecule has 0 aromatic carbocycles. The van der Waals surface area contributed by atoms with Crippen molar-refractivity contribution in [2.75, 3.05) is 20.5 Å². The number of ether oxygens (including phenoxy) is 5. The van der Waals surface area contributed by atoms with Crippen molar-refractivity contribution >= 4 is 11.9 Å². The molecule has 0 bridgehead atoms. The molecule has 3 atom stereocenters. The van der Waals surface area contributed by atoms with Crippen LogP contribution in [0.3, 0.4) is 0 Å². The highest BCUT2D eigenvalue weighted by Gasteiger charge is 2.36. The van der Waals surface area contributed by atoms with E-state index in [0.717, 1.165) is 0 Å². The second kappa shape index (κ2) is 7.75. The molecule has 7 heteroatoms. The van der Waals surface area contributed by atoms with Gasteiger partial charge in [-0.05, 0) is 6.08 Å². The Morgan fingerprint density at radius 1 is 1.26 bits per heavy atom. The molecule has 19 heavy (non-hydrogen) atoms. The second-order valence-electron chi connectivity index (χ2n) is 3.92. The quantitative estimate of drug-likeness (QED) is 0.511. The van der Waals surface area contributed by atoms with Gasteiger partial charge in [0.25, 0.3) is 0 Å². The Labute approximate surface area is 111 Å². The molecule has 0 unspecified atom stereocenters. The lowest BCUT2D eigenvalue weighted by atomic mass is 10.1. The van der Waals surface area contributed by atoms with Crippen molar-refractivity contribution in [3.63, 3.8) is 0 Å². The number of hydrogen-bond acceptors (Lipinski definition) is 7. The summed E-state index contributed by atoms with van der Waals surface area (Å²) in [5.41, 5.74) is 0. The Bertz CT molecular complexity index is 339. The fourth-order valence-electron chi connectivity index (χ4n) is 1.59. The lowest BCUT2D eigenvalue weighted by Gasteiger charge is -2.33. The van der Waals surface area contributed by atoms with E-state index in [9.17, 15) is 9.59 Å². The van der Waals surface area contributed by atoms with Crippen LogP contribution in [-0.2, 0) is 33.3 Å². The van der Waals surface area contributed by atoms with Crippen LogP contribution in [0, 0.1) is 0 Å². The molecule has 0 spiro atoms. The van der Waals surface area contributed by atoms with Crippen LogP contribution in [0.25, 0.3) is 0 Å². The Kier molecular flexibility index (Phi) is 6.31. The van der Waals surface area contributed by atoms with Crippen LogP contribution in [0.15, 0.2) is 12.3 Å². The smallest absolute Gasteiger partial charge is 0.303 e. The number of carbonyl (C=O) groups excluding carboxylic acids is 2. The minimum Gasteiger partial charge on any atom is -0.491 e. The molecule has 0 radical (unpaired) electrons. The summed E-state index contributed by atoms with van der Waals surface area (Å²) in [4.78, 5) is 21.9. The lowest BCUT2D eigenvalue weighted by Crippen LogP contribution is -2.47. The van der Waals surface area contributed by atoms with Gasteiger partial charge in [0.1, 0.15) is 19.5 Å². The van der Waals surface area contributed by atoms with Crippen LogP contribution in [0.2, 0.25) is 0 Å². The van der Waals surface area contributed by atoms with Crippen molar-refractivity contribution in [1.82, 2.24) is 0 Å². The summed E-state index contributed by atoms with van der Waals surface area (Å²) in [6.07, 6.45) is 1.21. The molecule has 0 aliphatic carbocycles. The fraction of sp³-hybridized carbons (Fsp3) is 0.667. The molecule has 0 aromatic heterocycles. The van der Waals surface area contributed by atoms with Crippen LogP contribution in [-0.4, -0.2) is 50.8 Å². The van der Waals surface area contributed by atoms with Crippen molar-refractivity contribution in [3.05, 3.63) is 12.3 Å². The Balaban J connectivity index is 2.68. The molecule has 1 rings (SSSR count). The third-order valence-electron chi connectivity index (χ3n) is 2.34. The SMILES string of the molecule is COCO[C@@H]1C=CO[C@H](COC(C)=O)[C@H]1OC(C)=O. The minimum absolute atomic E-state index is 0.0234. The molecule has 0 N–H and O–H groups in total. The molecular formula is C12H18O7. The summed E-state index contributed by atoms with van der Waals surface area (Å²) in [7, 11) is 1.49. The first kappa shape index (κ1) is 15.5. The van der Waals surface area contributed by atoms with Gasteiger partial charge >= 0.3 is 11.9 Å². The van der Waals surface area contributed by atoms with Gasteiger partial charge in [-0.2, -0.15) is 0 Å². The highest BCUT2D eigenvalue weighted by atomic mass is 16.7. The van der Waals surface area contributed by atoms with Crippen molar-refractivity contribution in [2.45, 2.75) is 32.2 Å². The molecule has 1 heterocycles. The maximum absolute atomic E-state index is 11.1. The molecule has 1 aliphatic heterocycles. The van der Waals surface area contributed by atoms with Gasteiger partial charge in [0.05, 0.1) is 6.26 Å². The van der Waals surface area contributed by atoms with E-state index < -0.39 is 30.3 Å². The molecule has 0 amide bonds. The minimum atomic E-state index is -0.697. The standard InChI is InChI=1S/C12H18O7/c1-8(13)17-6-11-12(19-9(2)14)10(4-5-16-11)18-7-15-3/h4-5,10-12H,6-7H2,1-3H3/t10-,11-,12+/m1/s1. The highest BCUT2D eigenvalue weighted by molar-refractivity contribution is 5.66. The monoisotopic (exact) mass is 274 g/mol. The highest BCUT2D eigenvalue weighted by Crippen LogP contribution is 2.19. The van der Waals surface area contributed by atoms with Gasteiger partial charge < -0.3 is 23.7 Å². The van der Waals surface area contributed by atoms with Crippen LogP contribution < -0.4 is 0 Å². The van der Waals surface area contributed by atoms with E-state index >= 15 is 0 Å². The van der Waals surface area contributed by atoms with Gasteiger partial charge in [0, 0.05) is 21.0 Å². The number of esters is 2. The first-order valence-electron chi connectivity index (χ1n) is 5.78. The van der Waals surface area contributed by atoms with Gasteiger partial charge in [-0.1, -0.05) is 0 Å². The van der Waals surface area contributed by atoms with E-state index in [1.54, 1.807) is 6.08 Å². The van der Waals surface area contributed by atoms with E-state index in [1.165, 1.54) is 27.2 Å². The summed E-state index contributed by atoms with van der Waals surface area (Å²) in [5, 5.41) is 0. The Morgan fingerprint density at radius 3 is 2.58 bits per heavy atom. The predicted molar refractivity (Wildman–Crippen MR) is 62.9 cm³/mol. The van der Waals surface area contributed by atoms with Crippen LogP contribution in [0.4, 0.5) is 0 Å². The summed E-state index contributed by atoms with van der Waals surface area (Å²) in [5.74, 6) is -0.906. The Morgan fingerprint density at radius 2 is 2.00 bits per heavy atom. The van der Waals surface area contributed by atoms with Gasteiger partial charge in [-0.25, -0.2) is 0 Å². The first-order chi connectivity index (χ1) is 9.04. The normalized spacial score (nSPS) is 25.5. The fourth-order valence-corrected chi connectivity index (χ4v) is 1.59. The number of carbonyl (C=O) groups is 2. The first-order valence-corrected chi connectivity index (χ1v) is 5.78. The zero-order chi connectivity index (χ0) is 14.3. The summed E-state index contributed by atoms with van der Waals surface area (Å²) >= 11 is 0. The van der Waals surface area contributed by atoms with E-state index in [2.05, 4.69) is 0 Å². The number of hydrogen-bond donors (Lipinski definition) is 0. The molecule has 0 saturated heterocycles. The van der Waals surface area contributed by atoms with Gasteiger partial charge in [0.2, 0.25) is 0 Å². The van der Waals surface area contributed by atoms with E-state index in [0.29, 0.717) is 0 Å². The third-order valence-corrected chi connectivity index (χ3v) is 2.34. The molecular weight excluding hydrogens is 256 g/mol. The van der Waals surface area contributed by atoms with E-state index in [-0.39, 0.29) is 13.4 Å². The third kappa shape index (κ3) is 5.27. The van der Waals surface area contributed by atoms with Crippen molar-refractivity contribution in [1.29, 1.82) is 0 Å². The maximum Gasteiger partial charge on any atom is 0.303 e. The van der Waals surface area contributed by atoms with Crippen LogP contribution >= 0.6 is 0 Å². The van der Waals surface area contributed by atoms with Gasteiger partial charge in [-0.3, -0.25) is 9.59 Å². The number of methoxy groups -OCH3 is 1. The van der Waals surface area contributed by atoms with Crippen molar-refractivity contribution < 1.29 is 33.3 Å². The predicted octanol–water partition coefficient (Wildman–Crippen LogP) is 0.383. The van der Waals surface area contributed by atoms with Gasteiger partial charge in [-0.15, -0.1) is 0 Å². The molecule has 0 saturated carbocycles. The lowest BCUT2D eigenvalue weighted by molar-refractivity contribution is -0.181. The molecule has 0 fully saturated rings. The van der Waals surface area contributed by atoms with E-state index in [4.69, 9.17) is 23.7 Å². The van der Waals surface area contributed by atoms with E-state index in [1.807, 2.05) is 0 Å². The summed E-state index contributed by atoms with van der Waals surface area (Å²) in [6.45, 7) is 2.60. The zero-order valence-corrected chi connectivity index (χ0v) is 11.2. The molecule has 7 nitrogen and oxygen atoms in total. The molecule has 1 aliphatic rings. The topological polar surface area (TPSA) is 80.3 Å². The van der Waals surface area contributed by atoms with Crippen LogP contribution in [0.5, 0.6) is 0 Å². The second-order valence-corrected chi connectivity index (χ2v) is 3.92. The number of rotatable bonds is 6. The van der Waals surface area contributed by atoms with Crippen molar-refractivity contribution in [3.8, 4) is 0 Å². The maximum atomic E-state index is 11.1. The summed E-state index contributed by atoms with van der Waals surface area (Å²) in [6, 6.07) is 0.